The minimum atomic E-state index is -0.296. The number of anilines is 1. The summed E-state index contributed by atoms with van der Waals surface area (Å²) in [5.74, 6) is 0.232. The van der Waals surface area contributed by atoms with E-state index in [4.69, 9.17) is 4.52 Å². The Balaban J connectivity index is 1.63. The van der Waals surface area contributed by atoms with Gasteiger partial charge >= 0.3 is 0 Å². The van der Waals surface area contributed by atoms with Crippen molar-refractivity contribution in [2.75, 3.05) is 18.9 Å². The van der Waals surface area contributed by atoms with E-state index in [1.54, 1.807) is 12.1 Å². The second-order valence-electron chi connectivity index (χ2n) is 7.06. The number of amides is 1. The van der Waals surface area contributed by atoms with Gasteiger partial charge in [-0.25, -0.2) is 4.39 Å². The van der Waals surface area contributed by atoms with Crippen LogP contribution in [-0.4, -0.2) is 29.6 Å². The molecule has 0 unspecified atom stereocenters. The van der Waals surface area contributed by atoms with E-state index >= 15 is 0 Å². The zero-order valence-corrected chi connectivity index (χ0v) is 16.5. The average Bonchev–Trinajstić information content (AvgIpc) is 3.00. The molecule has 1 amide bonds. The third-order valence-corrected chi connectivity index (χ3v) is 4.84. The zero-order chi connectivity index (χ0) is 20.3. The van der Waals surface area contributed by atoms with E-state index in [0.717, 1.165) is 33.6 Å². The van der Waals surface area contributed by atoms with Gasteiger partial charge in [0.1, 0.15) is 11.5 Å². The van der Waals surface area contributed by atoms with Gasteiger partial charge in [0.2, 0.25) is 5.91 Å². The fourth-order valence-electron chi connectivity index (χ4n) is 3.02. The highest BCUT2D eigenvalue weighted by molar-refractivity contribution is 5.93. The number of benzene rings is 2. The van der Waals surface area contributed by atoms with E-state index in [-0.39, 0.29) is 18.3 Å². The monoisotopic (exact) mass is 381 g/mol. The lowest BCUT2D eigenvalue weighted by atomic mass is 10.1. The number of hydrogen-bond donors (Lipinski definition) is 1. The Hall–Kier alpha value is -2.99. The zero-order valence-electron chi connectivity index (χ0n) is 16.5. The summed E-state index contributed by atoms with van der Waals surface area (Å²) in [6.45, 7) is 6.62. The number of halogens is 1. The molecule has 3 rings (SSSR count). The maximum Gasteiger partial charge on any atom is 0.238 e. The number of carbonyl (C=O) groups excluding carboxylic acids is 1. The molecule has 0 spiro atoms. The molecule has 0 saturated carbocycles. The lowest BCUT2D eigenvalue weighted by Gasteiger charge is -2.16. The van der Waals surface area contributed by atoms with Crippen LogP contribution in [0.5, 0.6) is 0 Å². The summed E-state index contributed by atoms with van der Waals surface area (Å²) in [6.07, 6.45) is 0. The minimum Gasteiger partial charge on any atom is -0.356 e. The molecule has 3 aromatic rings. The number of nitrogens with zero attached hydrogens (tertiary/aromatic N) is 2. The molecule has 2 aromatic carbocycles. The molecule has 0 aliphatic carbocycles. The van der Waals surface area contributed by atoms with Gasteiger partial charge in [0.25, 0.3) is 0 Å². The van der Waals surface area contributed by atoms with Crippen molar-refractivity contribution >= 4 is 11.6 Å². The maximum atomic E-state index is 13.1. The molecule has 0 fully saturated rings. The van der Waals surface area contributed by atoms with Crippen LogP contribution in [0.15, 0.2) is 47.0 Å². The molecule has 0 saturated heterocycles. The van der Waals surface area contributed by atoms with Gasteiger partial charge in [-0.1, -0.05) is 17.3 Å². The van der Waals surface area contributed by atoms with Crippen molar-refractivity contribution in [3.05, 3.63) is 70.7 Å². The Morgan fingerprint density at radius 3 is 2.54 bits per heavy atom. The Labute approximate surface area is 164 Å². The molecule has 0 bridgehead atoms. The Morgan fingerprint density at radius 1 is 1.11 bits per heavy atom. The Morgan fingerprint density at radius 2 is 1.82 bits per heavy atom. The van der Waals surface area contributed by atoms with Gasteiger partial charge in [-0.2, -0.15) is 0 Å². The fourth-order valence-corrected chi connectivity index (χ4v) is 3.02. The lowest BCUT2D eigenvalue weighted by Crippen LogP contribution is -2.30. The number of carbonyl (C=O) groups is 1. The summed E-state index contributed by atoms with van der Waals surface area (Å²) in [5.41, 5.74) is 5.44. The summed E-state index contributed by atoms with van der Waals surface area (Å²) in [7, 11) is 1.86. The number of nitrogens with one attached hydrogen (secondary N) is 1. The van der Waals surface area contributed by atoms with E-state index in [9.17, 15) is 9.18 Å². The van der Waals surface area contributed by atoms with Crippen LogP contribution in [0.25, 0.3) is 11.3 Å². The quantitative estimate of drug-likeness (QED) is 0.684. The van der Waals surface area contributed by atoms with Crippen molar-refractivity contribution in [2.45, 2.75) is 27.3 Å². The van der Waals surface area contributed by atoms with Crippen LogP contribution in [0.2, 0.25) is 0 Å². The first-order valence-electron chi connectivity index (χ1n) is 9.11. The van der Waals surface area contributed by atoms with Crippen molar-refractivity contribution in [3.63, 3.8) is 0 Å². The molecule has 1 heterocycles. The SMILES string of the molecule is Cc1cccc(NC(=O)CN(C)Cc2noc(-c3ccc(F)cc3)c2C)c1C. The van der Waals surface area contributed by atoms with Gasteiger partial charge in [-0.3, -0.25) is 9.69 Å². The van der Waals surface area contributed by atoms with Gasteiger partial charge in [-0.15, -0.1) is 0 Å². The number of rotatable bonds is 6. The highest BCUT2D eigenvalue weighted by Crippen LogP contribution is 2.26. The third kappa shape index (κ3) is 4.46. The highest BCUT2D eigenvalue weighted by atomic mass is 19.1. The van der Waals surface area contributed by atoms with Crippen LogP contribution in [0.4, 0.5) is 10.1 Å². The molecular weight excluding hydrogens is 357 g/mol. The smallest absolute Gasteiger partial charge is 0.238 e. The lowest BCUT2D eigenvalue weighted by molar-refractivity contribution is -0.117. The maximum absolute atomic E-state index is 13.1. The van der Waals surface area contributed by atoms with Gasteiger partial charge in [0.15, 0.2) is 5.76 Å². The number of aromatic nitrogens is 1. The molecule has 146 valence electrons. The fraction of sp³-hybridized carbons (Fsp3) is 0.273. The third-order valence-electron chi connectivity index (χ3n) is 4.84. The van der Waals surface area contributed by atoms with Crippen LogP contribution in [0.1, 0.15) is 22.4 Å². The normalized spacial score (nSPS) is 11.1. The molecule has 1 aromatic heterocycles. The van der Waals surface area contributed by atoms with Gasteiger partial charge in [0.05, 0.1) is 6.54 Å². The molecule has 0 aliphatic heterocycles. The molecule has 0 radical (unpaired) electrons. The molecule has 0 aliphatic rings. The van der Waals surface area contributed by atoms with Crippen molar-refractivity contribution < 1.29 is 13.7 Å². The van der Waals surface area contributed by atoms with E-state index in [2.05, 4.69) is 10.5 Å². The number of likely N-dealkylation sites (N-methyl/N-ethyl adjacent to an activating group) is 1. The highest BCUT2D eigenvalue weighted by Gasteiger charge is 2.17. The Bertz CT molecular complexity index is 980. The van der Waals surface area contributed by atoms with Crippen LogP contribution in [-0.2, 0) is 11.3 Å². The van der Waals surface area contributed by atoms with E-state index in [0.29, 0.717) is 12.3 Å². The predicted octanol–water partition coefficient (Wildman–Crippen LogP) is 4.48. The van der Waals surface area contributed by atoms with Gasteiger partial charge in [-0.05, 0) is 69.3 Å². The average molecular weight is 381 g/mol. The predicted molar refractivity (Wildman–Crippen MR) is 108 cm³/mol. The van der Waals surface area contributed by atoms with Crippen molar-refractivity contribution in [1.82, 2.24) is 10.1 Å². The first-order chi connectivity index (χ1) is 13.3. The summed E-state index contributed by atoms with van der Waals surface area (Å²) in [4.78, 5) is 14.3. The van der Waals surface area contributed by atoms with Crippen LogP contribution >= 0.6 is 0 Å². The molecule has 0 atom stereocenters. The molecule has 1 N–H and O–H groups in total. The van der Waals surface area contributed by atoms with Gasteiger partial charge < -0.3 is 9.84 Å². The van der Waals surface area contributed by atoms with Crippen molar-refractivity contribution in [2.24, 2.45) is 0 Å². The summed E-state index contributed by atoms with van der Waals surface area (Å²) in [6, 6.07) is 11.9. The summed E-state index contributed by atoms with van der Waals surface area (Å²) < 4.78 is 18.6. The first kappa shape index (κ1) is 19.8. The first-order valence-corrected chi connectivity index (χ1v) is 9.11. The number of aryl methyl sites for hydroxylation is 1. The standard InChI is InChI=1S/C22H24FN3O2/c1-14-6-5-7-19(15(14)2)24-21(27)13-26(4)12-20-16(3)22(28-25-20)17-8-10-18(23)11-9-17/h5-11H,12-13H2,1-4H3,(H,24,27). The van der Waals surface area contributed by atoms with Crippen molar-refractivity contribution in [3.8, 4) is 11.3 Å². The summed E-state index contributed by atoms with van der Waals surface area (Å²) in [5, 5.41) is 7.09. The van der Waals surface area contributed by atoms with E-state index < -0.39 is 0 Å². The second kappa shape index (κ2) is 8.35. The van der Waals surface area contributed by atoms with Crippen molar-refractivity contribution in [1.29, 1.82) is 0 Å². The van der Waals surface area contributed by atoms with E-state index in [1.165, 1.54) is 12.1 Å². The Kier molecular flexibility index (Phi) is 5.90. The number of hydrogen-bond acceptors (Lipinski definition) is 4. The molecule has 6 heteroatoms. The van der Waals surface area contributed by atoms with Crippen LogP contribution < -0.4 is 5.32 Å². The topological polar surface area (TPSA) is 58.4 Å². The van der Waals surface area contributed by atoms with E-state index in [1.807, 2.05) is 50.9 Å². The van der Waals surface area contributed by atoms with Gasteiger partial charge in [0, 0.05) is 23.4 Å². The molecule has 5 nitrogen and oxygen atoms in total. The largest absolute Gasteiger partial charge is 0.356 e. The summed E-state index contributed by atoms with van der Waals surface area (Å²) >= 11 is 0. The molecule has 28 heavy (non-hydrogen) atoms. The second-order valence-corrected chi connectivity index (χ2v) is 7.06. The van der Waals surface area contributed by atoms with Crippen LogP contribution in [0, 0.1) is 26.6 Å². The molecular formula is C22H24FN3O2. The minimum absolute atomic E-state index is 0.0869. The van der Waals surface area contributed by atoms with Crippen LogP contribution in [0.3, 0.4) is 0 Å².